The first-order chi connectivity index (χ1) is 10.7. The molecular formula is C14H19ClN4O3S. The number of sulfonamides is 1. The molecule has 0 aliphatic heterocycles. The topological polar surface area (TPSA) is 104 Å². The van der Waals surface area contributed by atoms with E-state index in [2.05, 4.69) is 20.0 Å². The Balaban J connectivity index is 1.79. The predicted molar refractivity (Wildman–Crippen MR) is 89.9 cm³/mol. The predicted octanol–water partition coefficient (Wildman–Crippen LogP) is 1.20. The fraction of sp³-hybridized carbons (Fsp3) is 0.429. The lowest BCUT2D eigenvalue weighted by Crippen LogP contribution is -2.44. The van der Waals surface area contributed by atoms with Crippen LogP contribution < -0.4 is 10.0 Å². The Morgan fingerprint density at radius 1 is 1.43 bits per heavy atom. The first-order valence-electron chi connectivity index (χ1n) is 7.14. The van der Waals surface area contributed by atoms with Gasteiger partial charge in [-0.3, -0.25) is 4.79 Å². The quantitative estimate of drug-likeness (QED) is 0.647. The molecule has 23 heavy (non-hydrogen) atoms. The van der Waals surface area contributed by atoms with Crippen LogP contribution in [0.2, 0.25) is 5.02 Å². The highest BCUT2D eigenvalue weighted by molar-refractivity contribution is 7.88. The van der Waals surface area contributed by atoms with Crippen molar-refractivity contribution in [3.8, 4) is 0 Å². The zero-order chi connectivity index (χ0) is 17.0. The number of hydrogen-bond donors (Lipinski definition) is 3. The third-order valence-electron chi connectivity index (χ3n) is 3.17. The van der Waals surface area contributed by atoms with Crippen LogP contribution in [-0.2, 0) is 21.2 Å². The van der Waals surface area contributed by atoms with E-state index in [1.54, 1.807) is 6.07 Å². The number of aromatic nitrogens is 2. The molecule has 0 fully saturated rings. The number of nitrogens with one attached hydrogen (secondary N) is 3. The van der Waals surface area contributed by atoms with Crippen molar-refractivity contribution in [2.75, 3.05) is 12.8 Å². The Morgan fingerprint density at radius 2 is 2.17 bits per heavy atom. The van der Waals surface area contributed by atoms with E-state index in [0.29, 0.717) is 24.4 Å². The van der Waals surface area contributed by atoms with Gasteiger partial charge in [0, 0.05) is 18.0 Å². The van der Waals surface area contributed by atoms with Crippen LogP contribution in [0.3, 0.4) is 0 Å². The molecule has 0 aliphatic rings. The minimum atomic E-state index is -3.40. The van der Waals surface area contributed by atoms with Gasteiger partial charge in [-0.1, -0.05) is 11.6 Å². The van der Waals surface area contributed by atoms with Gasteiger partial charge in [0.15, 0.2) is 0 Å². The molecule has 0 saturated carbocycles. The van der Waals surface area contributed by atoms with Gasteiger partial charge in [0.05, 0.1) is 23.3 Å². The van der Waals surface area contributed by atoms with Crippen LogP contribution in [0.4, 0.5) is 0 Å². The first-order valence-corrected chi connectivity index (χ1v) is 9.41. The van der Waals surface area contributed by atoms with E-state index in [1.165, 1.54) is 6.92 Å². The summed E-state index contributed by atoms with van der Waals surface area (Å²) in [6.45, 7) is 1.94. The summed E-state index contributed by atoms with van der Waals surface area (Å²) in [5.41, 5.74) is 1.72. The smallest absolute Gasteiger partial charge is 0.237 e. The molecule has 0 saturated heterocycles. The second kappa shape index (κ2) is 7.29. The first kappa shape index (κ1) is 17.7. The van der Waals surface area contributed by atoms with Crippen LogP contribution in [0.1, 0.15) is 19.2 Å². The lowest BCUT2D eigenvalue weighted by atomic mass is 10.3. The van der Waals surface area contributed by atoms with Gasteiger partial charge >= 0.3 is 0 Å². The van der Waals surface area contributed by atoms with Gasteiger partial charge in [-0.15, -0.1) is 0 Å². The highest BCUT2D eigenvalue weighted by Gasteiger charge is 2.16. The van der Waals surface area contributed by atoms with E-state index in [0.717, 1.165) is 23.1 Å². The van der Waals surface area contributed by atoms with Crippen LogP contribution >= 0.6 is 11.6 Å². The Morgan fingerprint density at radius 3 is 2.87 bits per heavy atom. The van der Waals surface area contributed by atoms with Crippen molar-refractivity contribution in [2.24, 2.45) is 0 Å². The van der Waals surface area contributed by atoms with Gasteiger partial charge in [0.25, 0.3) is 0 Å². The molecule has 0 bridgehead atoms. The minimum Gasteiger partial charge on any atom is -0.355 e. The number of rotatable bonds is 7. The zero-order valence-corrected chi connectivity index (χ0v) is 14.5. The standard InChI is InChI=1S/C14H19ClN4O3S/c1-9(19-23(2,21)22)14(20)16-7-3-4-13-17-11-6-5-10(15)8-12(11)18-13/h5-6,8-9,19H,3-4,7H2,1-2H3,(H,16,20)(H,17,18)/t9-/m0/s1. The molecule has 0 radical (unpaired) electrons. The number of halogens is 1. The van der Waals surface area contributed by atoms with Gasteiger partial charge < -0.3 is 10.3 Å². The summed E-state index contributed by atoms with van der Waals surface area (Å²) < 4.78 is 24.3. The lowest BCUT2D eigenvalue weighted by Gasteiger charge is -2.12. The number of benzene rings is 1. The van der Waals surface area contributed by atoms with Crippen molar-refractivity contribution in [3.63, 3.8) is 0 Å². The van der Waals surface area contributed by atoms with Gasteiger partial charge in [-0.2, -0.15) is 0 Å². The summed E-state index contributed by atoms with van der Waals surface area (Å²) in [6.07, 6.45) is 2.37. The molecule has 1 amide bonds. The average molecular weight is 359 g/mol. The van der Waals surface area contributed by atoms with E-state index >= 15 is 0 Å². The molecule has 126 valence electrons. The van der Waals surface area contributed by atoms with Crippen molar-refractivity contribution in [1.29, 1.82) is 0 Å². The highest BCUT2D eigenvalue weighted by Crippen LogP contribution is 2.17. The molecule has 1 heterocycles. The second-order valence-electron chi connectivity index (χ2n) is 5.35. The minimum absolute atomic E-state index is 0.355. The number of carbonyl (C=O) groups excluding carboxylic acids is 1. The number of fused-ring (bicyclic) bond motifs is 1. The molecule has 2 aromatic rings. The number of imidazole rings is 1. The fourth-order valence-electron chi connectivity index (χ4n) is 2.15. The molecular weight excluding hydrogens is 340 g/mol. The largest absolute Gasteiger partial charge is 0.355 e. The van der Waals surface area contributed by atoms with Crippen molar-refractivity contribution >= 4 is 38.6 Å². The number of carbonyl (C=O) groups is 1. The third kappa shape index (κ3) is 5.49. The maximum Gasteiger partial charge on any atom is 0.237 e. The van der Waals surface area contributed by atoms with E-state index in [4.69, 9.17) is 11.6 Å². The highest BCUT2D eigenvalue weighted by atomic mass is 35.5. The summed E-state index contributed by atoms with van der Waals surface area (Å²) in [6, 6.07) is 4.65. The van der Waals surface area contributed by atoms with Crippen LogP contribution in [-0.4, -0.2) is 43.1 Å². The lowest BCUT2D eigenvalue weighted by molar-refractivity contribution is -0.122. The van der Waals surface area contributed by atoms with Crippen LogP contribution in [0, 0.1) is 0 Å². The van der Waals surface area contributed by atoms with Crippen molar-refractivity contribution in [1.82, 2.24) is 20.0 Å². The zero-order valence-electron chi connectivity index (χ0n) is 12.9. The molecule has 1 aromatic heterocycles. The number of H-pyrrole nitrogens is 1. The molecule has 0 aliphatic carbocycles. The summed E-state index contributed by atoms with van der Waals surface area (Å²) in [7, 11) is -3.40. The van der Waals surface area contributed by atoms with E-state index in [9.17, 15) is 13.2 Å². The molecule has 2 rings (SSSR count). The summed E-state index contributed by atoms with van der Waals surface area (Å²) in [5, 5.41) is 3.34. The number of aromatic amines is 1. The van der Waals surface area contributed by atoms with E-state index < -0.39 is 16.1 Å². The normalized spacial score (nSPS) is 13.2. The summed E-state index contributed by atoms with van der Waals surface area (Å²) in [4.78, 5) is 19.3. The van der Waals surface area contributed by atoms with Gasteiger partial charge in [0.2, 0.25) is 15.9 Å². The number of hydrogen-bond acceptors (Lipinski definition) is 4. The van der Waals surface area contributed by atoms with Crippen LogP contribution in [0.15, 0.2) is 18.2 Å². The summed E-state index contributed by atoms with van der Waals surface area (Å²) in [5.74, 6) is 0.464. The second-order valence-corrected chi connectivity index (χ2v) is 7.57. The number of nitrogens with zero attached hydrogens (tertiary/aromatic N) is 1. The molecule has 0 spiro atoms. The number of amides is 1. The van der Waals surface area contributed by atoms with E-state index in [-0.39, 0.29) is 5.91 Å². The van der Waals surface area contributed by atoms with Crippen molar-refractivity contribution < 1.29 is 13.2 Å². The Kier molecular flexibility index (Phi) is 5.61. The summed E-state index contributed by atoms with van der Waals surface area (Å²) >= 11 is 5.92. The molecule has 0 unspecified atom stereocenters. The average Bonchev–Trinajstić information content (AvgIpc) is 2.83. The monoisotopic (exact) mass is 358 g/mol. The van der Waals surface area contributed by atoms with Crippen LogP contribution in [0.5, 0.6) is 0 Å². The molecule has 1 aromatic carbocycles. The third-order valence-corrected chi connectivity index (χ3v) is 4.18. The van der Waals surface area contributed by atoms with Crippen molar-refractivity contribution in [3.05, 3.63) is 29.0 Å². The van der Waals surface area contributed by atoms with Gasteiger partial charge in [-0.25, -0.2) is 18.1 Å². The molecule has 7 nitrogen and oxygen atoms in total. The molecule has 9 heteroatoms. The van der Waals surface area contributed by atoms with Crippen molar-refractivity contribution in [2.45, 2.75) is 25.8 Å². The number of aryl methyl sites for hydroxylation is 1. The fourth-order valence-corrected chi connectivity index (χ4v) is 3.07. The Bertz CT molecular complexity index is 803. The van der Waals surface area contributed by atoms with Gasteiger partial charge in [0.1, 0.15) is 5.82 Å². The molecule has 3 N–H and O–H groups in total. The maximum atomic E-state index is 11.7. The van der Waals surface area contributed by atoms with Gasteiger partial charge in [-0.05, 0) is 31.5 Å². The molecule has 1 atom stereocenters. The van der Waals surface area contributed by atoms with Crippen LogP contribution in [0.25, 0.3) is 11.0 Å². The maximum absolute atomic E-state index is 11.7. The Labute approximate surface area is 139 Å². The Hall–Kier alpha value is -1.64. The SMILES string of the molecule is C[C@H](NS(C)(=O)=O)C(=O)NCCCc1nc2ccc(Cl)cc2[nH]1. The van der Waals surface area contributed by atoms with E-state index in [1.807, 2.05) is 12.1 Å².